The van der Waals surface area contributed by atoms with Crippen LogP contribution in [0.3, 0.4) is 0 Å². The Balaban J connectivity index is 2.70. The second-order valence-corrected chi connectivity index (χ2v) is 3.71. The van der Waals surface area contributed by atoms with E-state index in [2.05, 4.69) is 16.0 Å². The number of hydrazine groups is 1. The first-order valence-corrected chi connectivity index (χ1v) is 5.09. The maximum absolute atomic E-state index is 11.6. The molecule has 0 spiro atoms. The van der Waals surface area contributed by atoms with E-state index in [1.54, 1.807) is 26.0 Å². The Morgan fingerprint density at radius 3 is 2.41 bits per heavy atom. The highest BCUT2D eigenvalue weighted by atomic mass is 16.3. The topological polar surface area (TPSA) is 87.6 Å². The molecule has 0 saturated heterocycles. The number of nitroso groups, excluding NO2 is 1. The highest BCUT2D eigenvalue weighted by Crippen LogP contribution is 2.17. The monoisotopic (exact) mass is 235 g/mol. The normalized spacial score (nSPS) is 9.82. The Labute approximate surface area is 98.3 Å². The van der Waals surface area contributed by atoms with Crippen molar-refractivity contribution in [3.63, 3.8) is 0 Å². The van der Waals surface area contributed by atoms with Gasteiger partial charge in [0.2, 0.25) is 5.91 Å². The number of nitrogens with one attached hydrogen (secondary N) is 2. The Bertz CT molecular complexity index is 443. The van der Waals surface area contributed by atoms with Crippen molar-refractivity contribution >= 4 is 17.5 Å². The van der Waals surface area contributed by atoms with Crippen LogP contribution in [0.5, 0.6) is 0 Å². The number of rotatable bonds is 3. The van der Waals surface area contributed by atoms with Gasteiger partial charge in [-0.15, -0.1) is 4.91 Å². The Hall–Kier alpha value is -2.24. The minimum atomic E-state index is -0.575. The van der Waals surface area contributed by atoms with Gasteiger partial charge in [0.05, 0.1) is 5.56 Å². The molecule has 1 aromatic rings. The quantitative estimate of drug-likeness (QED) is 0.614. The van der Waals surface area contributed by atoms with Crippen LogP contribution in [0.15, 0.2) is 29.4 Å². The predicted octanol–water partition coefficient (Wildman–Crippen LogP) is 1.50. The Kier molecular flexibility index (Phi) is 4.33. The molecular formula is C11H13N3O3. The summed E-state index contributed by atoms with van der Waals surface area (Å²) in [5.74, 6) is -1.13. The first-order valence-electron chi connectivity index (χ1n) is 5.09. The van der Waals surface area contributed by atoms with Crippen LogP contribution in [-0.2, 0) is 4.79 Å². The summed E-state index contributed by atoms with van der Waals surface area (Å²) >= 11 is 0. The van der Waals surface area contributed by atoms with E-state index in [9.17, 15) is 14.5 Å². The zero-order valence-electron chi connectivity index (χ0n) is 9.56. The van der Waals surface area contributed by atoms with E-state index >= 15 is 0 Å². The molecule has 0 unspecified atom stereocenters. The molecule has 2 amide bonds. The SMILES string of the molecule is CC(C)C(=O)NNC(=O)c1ccccc1N=O. The number of carbonyl (C=O) groups excluding carboxylic acids is 2. The van der Waals surface area contributed by atoms with Gasteiger partial charge in [-0.3, -0.25) is 20.4 Å². The molecule has 0 aromatic heterocycles. The summed E-state index contributed by atoms with van der Waals surface area (Å²) < 4.78 is 0. The number of nitrogens with zero attached hydrogens (tertiary/aromatic N) is 1. The third-order valence-electron chi connectivity index (χ3n) is 2.07. The first-order chi connectivity index (χ1) is 8.06. The molecular weight excluding hydrogens is 222 g/mol. The van der Waals surface area contributed by atoms with Crippen LogP contribution in [0.2, 0.25) is 0 Å². The lowest BCUT2D eigenvalue weighted by atomic mass is 10.2. The van der Waals surface area contributed by atoms with E-state index in [4.69, 9.17) is 0 Å². The molecule has 2 N–H and O–H groups in total. The number of carbonyl (C=O) groups is 2. The van der Waals surface area contributed by atoms with E-state index in [1.165, 1.54) is 12.1 Å². The van der Waals surface area contributed by atoms with Crippen molar-refractivity contribution in [2.24, 2.45) is 11.1 Å². The van der Waals surface area contributed by atoms with Crippen molar-refractivity contribution in [3.8, 4) is 0 Å². The second kappa shape index (κ2) is 5.74. The molecule has 0 radical (unpaired) electrons. The third kappa shape index (κ3) is 3.37. The highest BCUT2D eigenvalue weighted by molar-refractivity contribution is 5.99. The van der Waals surface area contributed by atoms with E-state index in [1.807, 2.05) is 0 Å². The number of benzene rings is 1. The standard InChI is InChI=1S/C11H13N3O3/c1-7(2)10(15)12-13-11(16)8-5-3-4-6-9(8)14-17/h3-7H,1-2H3,(H,12,15)(H,13,16). The Morgan fingerprint density at radius 2 is 1.82 bits per heavy atom. The maximum Gasteiger partial charge on any atom is 0.272 e. The predicted molar refractivity (Wildman–Crippen MR) is 62.3 cm³/mol. The second-order valence-electron chi connectivity index (χ2n) is 3.71. The van der Waals surface area contributed by atoms with Gasteiger partial charge in [0, 0.05) is 5.92 Å². The smallest absolute Gasteiger partial charge is 0.272 e. The van der Waals surface area contributed by atoms with E-state index < -0.39 is 5.91 Å². The molecule has 0 bridgehead atoms. The van der Waals surface area contributed by atoms with Crippen molar-refractivity contribution in [1.82, 2.24) is 10.9 Å². The van der Waals surface area contributed by atoms with Crippen molar-refractivity contribution in [2.75, 3.05) is 0 Å². The zero-order valence-corrected chi connectivity index (χ0v) is 9.56. The van der Waals surface area contributed by atoms with Gasteiger partial charge in [-0.05, 0) is 17.3 Å². The number of hydrogen-bond donors (Lipinski definition) is 2. The zero-order chi connectivity index (χ0) is 12.8. The minimum absolute atomic E-state index is 0.0313. The van der Waals surface area contributed by atoms with Gasteiger partial charge >= 0.3 is 0 Å². The Morgan fingerprint density at radius 1 is 1.18 bits per heavy atom. The van der Waals surface area contributed by atoms with Gasteiger partial charge in [0.25, 0.3) is 5.91 Å². The third-order valence-corrected chi connectivity index (χ3v) is 2.07. The maximum atomic E-state index is 11.6. The summed E-state index contributed by atoms with van der Waals surface area (Å²) in [6.07, 6.45) is 0. The molecule has 0 atom stereocenters. The van der Waals surface area contributed by atoms with Crippen LogP contribution in [0.4, 0.5) is 5.69 Å². The van der Waals surface area contributed by atoms with Crippen LogP contribution in [0.25, 0.3) is 0 Å². The molecule has 6 heteroatoms. The molecule has 0 aliphatic rings. The fourth-order valence-corrected chi connectivity index (χ4v) is 1.08. The van der Waals surface area contributed by atoms with Crippen LogP contribution in [0.1, 0.15) is 24.2 Å². The summed E-state index contributed by atoms with van der Waals surface area (Å²) in [5, 5.41) is 2.73. The van der Waals surface area contributed by atoms with Crippen LogP contribution in [-0.4, -0.2) is 11.8 Å². The fourth-order valence-electron chi connectivity index (χ4n) is 1.08. The van der Waals surface area contributed by atoms with E-state index in [0.29, 0.717) is 0 Å². The highest BCUT2D eigenvalue weighted by Gasteiger charge is 2.13. The molecule has 0 fully saturated rings. The van der Waals surface area contributed by atoms with Crippen molar-refractivity contribution in [1.29, 1.82) is 0 Å². The van der Waals surface area contributed by atoms with E-state index in [0.717, 1.165) is 0 Å². The average molecular weight is 235 g/mol. The van der Waals surface area contributed by atoms with Crippen LogP contribution in [0, 0.1) is 10.8 Å². The largest absolute Gasteiger partial charge is 0.273 e. The van der Waals surface area contributed by atoms with Crippen LogP contribution < -0.4 is 10.9 Å². The lowest BCUT2D eigenvalue weighted by molar-refractivity contribution is -0.124. The molecule has 90 valence electrons. The molecule has 0 saturated carbocycles. The average Bonchev–Trinajstić information content (AvgIpc) is 2.35. The summed E-state index contributed by atoms with van der Waals surface area (Å²) in [7, 11) is 0. The van der Waals surface area contributed by atoms with Crippen molar-refractivity contribution in [2.45, 2.75) is 13.8 Å². The lowest BCUT2D eigenvalue weighted by Gasteiger charge is -2.09. The molecule has 0 aliphatic carbocycles. The number of amides is 2. The lowest BCUT2D eigenvalue weighted by Crippen LogP contribution is -2.43. The molecule has 0 aliphatic heterocycles. The summed E-state index contributed by atoms with van der Waals surface area (Å²) in [4.78, 5) is 33.3. The van der Waals surface area contributed by atoms with Crippen molar-refractivity contribution in [3.05, 3.63) is 34.7 Å². The molecule has 0 heterocycles. The molecule has 1 rings (SSSR count). The minimum Gasteiger partial charge on any atom is -0.273 e. The fraction of sp³-hybridized carbons (Fsp3) is 0.273. The molecule has 1 aromatic carbocycles. The van der Waals surface area contributed by atoms with Crippen molar-refractivity contribution < 1.29 is 9.59 Å². The molecule has 6 nitrogen and oxygen atoms in total. The van der Waals surface area contributed by atoms with Gasteiger partial charge in [0.15, 0.2) is 0 Å². The van der Waals surface area contributed by atoms with Gasteiger partial charge < -0.3 is 0 Å². The molecule has 17 heavy (non-hydrogen) atoms. The van der Waals surface area contributed by atoms with Gasteiger partial charge in [0.1, 0.15) is 5.69 Å². The first kappa shape index (κ1) is 12.8. The summed E-state index contributed by atoms with van der Waals surface area (Å²) in [5.41, 5.74) is 4.62. The summed E-state index contributed by atoms with van der Waals surface area (Å²) in [6, 6.07) is 6.08. The van der Waals surface area contributed by atoms with Crippen LogP contribution >= 0.6 is 0 Å². The van der Waals surface area contributed by atoms with E-state index in [-0.39, 0.29) is 23.1 Å². The van der Waals surface area contributed by atoms with Gasteiger partial charge in [-0.2, -0.15) is 0 Å². The van der Waals surface area contributed by atoms with Gasteiger partial charge in [-0.25, -0.2) is 0 Å². The summed E-state index contributed by atoms with van der Waals surface area (Å²) in [6.45, 7) is 3.39. The van der Waals surface area contributed by atoms with Gasteiger partial charge in [-0.1, -0.05) is 26.0 Å². The number of hydrogen-bond acceptors (Lipinski definition) is 4.